The molecule has 1 fully saturated rings. The zero-order chi connectivity index (χ0) is 15.9. The van der Waals surface area contributed by atoms with Crippen LogP contribution in [0.4, 0.5) is 0 Å². The van der Waals surface area contributed by atoms with Crippen LogP contribution in [0.2, 0.25) is 5.15 Å². The molecule has 120 valence electrons. The van der Waals surface area contributed by atoms with Crippen molar-refractivity contribution < 1.29 is 13.2 Å². The van der Waals surface area contributed by atoms with Gasteiger partial charge in [-0.2, -0.15) is 0 Å². The first-order chi connectivity index (χ1) is 10.4. The molecule has 1 aliphatic rings. The topological polar surface area (TPSA) is 83.8 Å². The van der Waals surface area contributed by atoms with Crippen molar-refractivity contribution in [2.45, 2.75) is 30.8 Å². The molecular weight excluding hydrogens is 348 g/mol. The molecule has 7 nitrogen and oxygen atoms in total. The lowest BCUT2D eigenvalue weighted by atomic mass is 10.3. The van der Waals surface area contributed by atoms with E-state index in [2.05, 4.69) is 9.71 Å². The first-order valence-electron chi connectivity index (χ1n) is 6.83. The molecule has 1 atom stereocenters. The fraction of sp³-hybridized carbons (Fsp3) is 0.500. The summed E-state index contributed by atoms with van der Waals surface area (Å²) in [7, 11) is -3.84. The Kier molecular flexibility index (Phi) is 4.15. The van der Waals surface area contributed by atoms with Crippen LogP contribution in [0.15, 0.2) is 16.6 Å². The van der Waals surface area contributed by atoms with Gasteiger partial charge in [0.05, 0.1) is 0 Å². The average molecular weight is 363 g/mol. The number of sulfonamides is 1. The molecule has 1 unspecified atom stereocenters. The first kappa shape index (κ1) is 15.7. The molecule has 10 heteroatoms. The van der Waals surface area contributed by atoms with Crippen LogP contribution in [0.3, 0.4) is 0 Å². The number of hydrogen-bond acceptors (Lipinski definition) is 5. The molecule has 0 bridgehead atoms. The number of aromatic nitrogens is 2. The fourth-order valence-corrected chi connectivity index (χ4v) is 5.27. The second-order valence-electron chi connectivity index (χ2n) is 5.13. The van der Waals surface area contributed by atoms with E-state index >= 15 is 0 Å². The van der Waals surface area contributed by atoms with Gasteiger partial charge >= 0.3 is 0 Å². The molecule has 1 aliphatic heterocycles. The average Bonchev–Trinajstić information content (AvgIpc) is 3.04. The van der Waals surface area contributed by atoms with Crippen molar-refractivity contribution in [3.63, 3.8) is 0 Å². The summed E-state index contributed by atoms with van der Waals surface area (Å²) in [6.45, 7) is 3.00. The quantitative estimate of drug-likeness (QED) is 0.869. The molecule has 0 aliphatic carbocycles. The minimum Gasteiger partial charge on any atom is -0.341 e. The number of amides is 1. The second kappa shape index (κ2) is 5.80. The lowest BCUT2D eigenvalue weighted by Gasteiger charge is -2.16. The number of halogens is 1. The van der Waals surface area contributed by atoms with E-state index in [0.29, 0.717) is 18.1 Å². The Morgan fingerprint density at radius 3 is 3.05 bits per heavy atom. The van der Waals surface area contributed by atoms with Crippen LogP contribution in [-0.2, 0) is 14.8 Å². The Bertz CT molecular complexity index is 814. The van der Waals surface area contributed by atoms with Gasteiger partial charge in [-0.25, -0.2) is 18.1 Å². The highest BCUT2D eigenvalue weighted by Gasteiger charge is 2.34. The van der Waals surface area contributed by atoms with E-state index in [1.54, 1.807) is 16.5 Å². The summed E-state index contributed by atoms with van der Waals surface area (Å²) >= 11 is 7.27. The van der Waals surface area contributed by atoms with Gasteiger partial charge in [0, 0.05) is 37.1 Å². The van der Waals surface area contributed by atoms with Crippen molar-refractivity contribution in [3.8, 4) is 0 Å². The number of rotatable bonds is 5. The summed E-state index contributed by atoms with van der Waals surface area (Å²) < 4.78 is 29.2. The number of nitrogens with zero attached hydrogens (tertiary/aromatic N) is 3. The third kappa shape index (κ3) is 2.73. The fourth-order valence-electron chi connectivity index (χ4n) is 2.59. The second-order valence-corrected chi connectivity index (χ2v) is 7.99. The summed E-state index contributed by atoms with van der Waals surface area (Å²) in [6, 6.07) is -0.440. The summed E-state index contributed by atoms with van der Waals surface area (Å²) in [5.74, 6) is -0.0328. The van der Waals surface area contributed by atoms with E-state index in [4.69, 9.17) is 11.6 Å². The normalized spacial score (nSPS) is 19.5. The molecule has 2 aromatic rings. The van der Waals surface area contributed by atoms with Crippen LogP contribution in [0.1, 0.15) is 19.8 Å². The van der Waals surface area contributed by atoms with E-state index in [1.165, 1.54) is 15.7 Å². The summed E-state index contributed by atoms with van der Waals surface area (Å²) in [6.07, 6.45) is 2.62. The van der Waals surface area contributed by atoms with Gasteiger partial charge in [0.25, 0.3) is 10.0 Å². The van der Waals surface area contributed by atoms with Crippen LogP contribution in [0.25, 0.3) is 4.96 Å². The van der Waals surface area contributed by atoms with Crippen molar-refractivity contribution in [2.75, 3.05) is 13.1 Å². The standard InChI is InChI=1S/C12H15ClN4O3S2/c1-2-3-16-7-8(6-9(16)18)15-22(19,20)11-10(13)14-12-17(11)4-5-21-12/h4-5,8,15H,2-3,6-7H2,1H3. The number of imidazole rings is 1. The maximum absolute atomic E-state index is 12.6. The minimum atomic E-state index is -3.84. The van der Waals surface area contributed by atoms with E-state index in [0.717, 1.165) is 6.42 Å². The maximum Gasteiger partial charge on any atom is 0.260 e. The molecule has 3 heterocycles. The van der Waals surface area contributed by atoms with Crippen LogP contribution >= 0.6 is 22.9 Å². The molecule has 1 saturated heterocycles. The Balaban J connectivity index is 1.84. The SMILES string of the molecule is CCCN1CC(NS(=O)(=O)c2c(Cl)nc3sccn23)CC1=O. The van der Waals surface area contributed by atoms with Crippen molar-refractivity contribution in [3.05, 3.63) is 16.7 Å². The number of fused-ring (bicyclic) bond motifs is 1. The predicted octanol–water partition coefficient (Wildman–Crippen LogP) is 1.34. The van der Waals surface area contributed by atoms with Gasteiger partial charge in [0.15, 0.2) is 15.1 Å². The van der Waals surface area contributed by atoms with Crippen LogP contribution in [0.5, 0.6) is 0 Å². The van der Waals surface area contributed by atoms with Gasteiger partial charge < -0.3 is 4.90 Å². The number of carbonyl (C=O) groups excluding carboxylic acids is 1. The predicted molar refractivity (Wildman–Crippen MR) is 83.7 cm³/mol. The van der Waals surface area contributed by atoms with E-state index in [9.17, 15) is 13.2 Å². The Morgan fingerprint density at radius 1 is 1.55 bits per heavy atom. The molecule has 22 heavy (non-hydrogen) atoms. The molecule has 0 saturated carbocycles. The summed E-state index contributed by atoms with van der Waals surface area (Å²) in [5, 5.41) is 1.60. The zero-order valence-corrected chi connectivity index (χ0v) is 14.2. The van der Waals surface area contributed by atoms with Crippen molar-refractivity contribution in [1.29, 1.82) is 0 Å². The number of hydrogen-bond donors (Lipinski definition) is 1. The van der Waals surface area contributed by atoms with Crippen LogP contribution in [0, 0.1) is 0 Å². The number of nitrogens with one attached hydrogen (secondary N) is 1. The number of carbonyl (C=O) groups is 1. The minimum absolute atomic E-state index is 0.0328. The highest BCUT2D eigenvalue weighted by Crippen LogP contribution is 2.26. The van der Waals surface area contributed by atoms with Gasteiger partial charge in [-0.05, 0) is 6.42 Å². The van der Waals surface area contributed by atoms with Gasteiger partial charge in [0.2, 0.25) is 5.91 Å². The highest BCUT2D eigenvalue weighted by molar-refractivity contribution is 7.89. The largest absolute Gasteiger partial charge is 0.341 e. The molecule has 1 N–H and O–H groups in total. The monoisotopic (exact) mass is 362 g/mol. The van der Waals surface area contributed by atoms with Gasteiger partial charge in [0.1, 0.15) is 0 Å². The maximum atomic E-state index is 12.6. The van der Waals surface area contributed by atoms with Gasteiger partial charge in [-0.3, -0.25) is 9.20 Å². The smallest absolute Gasteiger partial charge is 0.260 e. The first-order valence-corrected chi connectivity index (χ1v) is 9.57. The Hall–Kier alpha value is -1.16. The lowest BCUT2D eigenvalue weighted by molar-refractivity contribution is -0.127. The van der Waals surface area contributed by atoms with Crippen LogP contribution < -0.4 is 4.72 Å². The number of likely N-dealkylation sites (tertiary alicyclic amines) is 1. The van der Waals surface area contributed by atoms with E-state index in [1.807, 2.05) is 6.92 Å². The summed E-state index contributed by atoms with van der Waals surface area (Å²) in [5.41, 5.74) is 0. The molecular formula is C12H15ClN4O3S2. The molecule has 0 radical (unpaired) electrons. The molecule has 0 aromatic carbocycles. The third-order valence-corrected chi connectivity index (χ3v) is 6.14. The Morgan fingerprint density at radius 2 is 2.32 bits per heavy atom. The van der Waals surface area contributed by atoms with Crippen molar-refractivity contribution >= 4 is 43.8 Å². The Labute approximate surface area is 136 Å². The zero-order valence-electron chi connectivity index (χ0n) is 11.8. The van der Waals surface area contributed by atoms with Crippen LogP contribution in [-0.4, -0.2) is 47.7 Å². The molecule has 2 aromatic heterocycles. The summed E-state index contributed by atoms with van der Waals surface area (Å²) in [4.78, 5) is 18.0. The highest BCUT2D eigenvalue weighted by atomic mass is 35.5. The lowest BCUT2D eigenvalue weighted by Crippen LogP contribution is -2.37. The molecule has 1 amide bonds. The van der Waals surface area contributed by atoms with E-state index in [-0.39, 0.29) is 22.5 Å². The third-order valence-electron chi connectivity index (χ3n) is 3.46. The van der Waals surface area contributed by atoms with Gasteiger partial charge in [-0.1, -0.05) is 18.5 Å². The van der Waals surface area contributed by atoms with Crippen molar-refractivity contribution in [2.24, 2.45) is 0 Å². The van der Waals surface area contributed by atoms with Crippen molar-refractivity contribution in [1.82, 2.24) is 19.0 Å². The molecule has 0 spiro atoms. The number of thiazole rings is 1. The van der Waals surface area contributed by atoms with Gasteiger partial charge in [-0.15, -0.1) is 11.3 Å². The van der Waals surface area contributed by atoms with E-state index < -0.39 is 16.1 Å². The molecule has 3 rings (SSSR count).